The highest BCUT2D eigenvalue weighted by Gasteiger charge is 2.24. The summed E-state index contributed by atoms with van der Waals surface area (Å²) < 4.78 is 0. The molecule has 0 saturated carbocycles. The summed E-state index contributed by atoms with van der Waals surface area (Å²) in [5, 5.41) is 0. The normalized spacial score (nSPS) is 19.9. The second-order valence-corrected chi connectivity index (χ2v) is 7.09. The highest BCUT2D eigenvalue weighted by Crippen LogP contribution is 2.31. The van der Waals surface area contributed by atoms with Gasteiger partial charge in [0.25, 0.3) is 0 Å². The number of nitrogens with zero attached hydrogens (tertiary/aromatic N) is 3. The van der Waals surface area contributed by atoms with E-state index < -0.39 is 0 Å². The van der Waals surface area contributed by atoms with E-state index in [1.807, 2.05) is 0 Å². The van der Waals surface area contributed by atoms with Gasteiger partial charge in [0, 0.05) is 24.3 Å². The molecule has 1 saturated heterocycles. The number of rotatable bonds is 6. The van der Waals surface area contributed by atoms with Crippen LogP contribution < -0.4 is 4.90 Å². The van der Waals surface area contributed by atoms with E-state index in [1.165, 1.54) is 44.3 Å². The van der Waals surface area contributed by atoms with Crippen molar-refractivity contribution in [1.29, 1.82) is 0 Å². The first-order valence-corrected chi connectivity index (χ1v) is 9.03. The standard InChI is InChI=1S/C19H33N3/c1-6-12-21-13-8-7-9-18(21)17-10-11-19(20-14-17)22(15(2)3)16(4)5/h10-11,14-16,18H,6-9,12-13H2,1-5H3/t18-/m1/s1. The number of aromatic nitrogens is 1. The van der Waals surface area contributed by atoms with Crippen LogP contribution in [0.4, 0.5) is 5.82 Å². The first-order valence-electron chi connectivity index (χ1n) is 9.03. The summed E-state index contributed by atoms with van der Waals surface area (Å²) in [6.07, 6.45) is 7.31. The summed E-state index contributed by atoms with van der Waals surface area (Å²) in [5.74, 6) is 1.10. The van der Waals surface area contributed by atoms with Gasteiger partial charge in [0.05, 0.1) is 0 Å². The predicted molar refractivity (Wildman–Crippen MR) is 95.4 cm³/mol. The largest absolute Gasteiger partial charge is 0.352 e. The molecule has 0 spiro atoms. The minimum atomic E-state index is 0.477. The molecule has 0 N–H and O–H groups in total. The fraction of sp³-hybridized carbons (Fsp3) is 0.737. The first-order chi connectivity index (χ1) is 10.5. The molecule has 1 fully saturated rings. The Kier molecular flexibility index (Phi) is 6.25. The molecular formula is C19H33N3. The predicted octanol–water partition coefficient (Wildman–Crippen LogP) is 4.64. The third kappa shape index (κ3) is 4.01. The van der Waals surface area contributed by atoms with Crippen molar-refractivity contribution in [2.45, 2.75) is 78.4 Å². The summed E-state index contributed by atoms with van der Waals surface area (Å²) in [6, 6.07) is 6.04. The van der Waals surface area contributed by atoms with Gasteiger partial charge in [0.1, 0.15) is 5.82 Å². The third-order valence-electron chi connectivity index (χ3n) is 4.66. The summed E-state index contributed by atoms with van der Waals surface area (Å²) in [7, 11) is 0. The molecule has 2 rings (SSSR count). The molecule has 0 aliphatic carbocycles. The van der Waals surface area contributed by atoms with Crippen LogP contribution in [0.5, 0.6) is 0 Å². The lowest BCUT2D eigenvalue weighted by atomic mass is 9.96. The van der Waals surface area contributed by atoms with Gasteiger partial charge in [0.15, 0.2) is 0 Å². The van der Waals surface area contributed by atoms with E-state index in [9.17, 15) is 0 Å². The lowest BCUT2D eigenvalue weighted by Gasteiger charge is -2.36. The quantitative estimate of drug-likeness (QED) is 0.763. The number of piperidine rings is 1. The molecule has 1 aliphatic rings. The van der Waals surface area contributed by atoms with Crippen LogP contribution in [-0.4, -0.2) is 35.1 Å². The van der Waals surface area contributed by atoms with E-state index in [0.717, 1.165) is 5.82 Å². The van der Waals surface area contributed by atoms with Crippen LogP contribution in [0.2, 0.25) is 0 Å². The van der Waals surface area contributed by atoms with Gasteiger partial charge in [0.2, 0.25) is 0 Å². The molecule has 0 radical (unpaired) electrons. The Bertz CT molecular complexity index is 428. The van der Waals surface area contributed by atoms with Gasteiger partial charge in [-0.05, 0) is 71.7 Å². The minimum Gasteiger partial charge on any atom is -0.352 e. The molecule has 1 aliphatic heterocycles. The van der Waals surface area contributed by atoms with E-state index in [4.69, 9.17) is 4.98 Å². The minimum absolute atomic E-state index is 0.477. The van der Waals surface area contributed by atoms with Crippen molar-refractivity contribution in [3.63, 3.8) is 0 Å². The molecule has 22 heavy (non-hydrogen) atoms. The van der Waals surface area contributed by atoms with Gasteiger partial charge in [-0.1, -0.05) is 19.4 Å². The smallest absolute Gasteiger partial charge is 0.128 e. The molecule has 1 aromatic rings. The van der Waals surface area contributed by atoms with Gasteiger partial charge in [-0.25, -0.2) is 4.98 Å². The summed E-state index contributed by atoms with van der Waals surface area (Å²) >= 11 is 0. The molecule has 1 atom stereocenters. The Morgan fingerprint density at radius 1 is 1.18 bits per heavy atom. The molecule has 2 heterocycles. The number of anilines is 1. The molecule has 0 aromatic carbocycles. The molecule has 124 valence electrons. The summed E-state index contributed by atoms with van der Waals surface area (Å²) in [6.45, 7) is 13.7. The molecule has 0 bridgehead atoms. The van der Waals surface area contributed by atoms with Crippen molar-refractivity contribution < 1.29 is 0 Å². The van der Waals surface area contributed by atoms with Crippen LogP contribution in [0.15, 0.2) is 18.3 Å². The molecule has 1 aromatic heterocycles. The number of pyridine rings is 1. The fourth-order valence-electron chi connectivity index (χ4n) is 3.80. The summed E-state index contributed by atoms with van der Waals surface area (Å²) in [5.41, 5.74) is 1.39. The van der Waals surface area contributed by atoms with Crippen molar-refractivity contribution in [3.05, 3.63) is 23.9 Å². The Morgan fingerprint density at radius 3 is 2.45 bits per heavy atom. The van der Waals surface area contributed by atoms with Crippen molar-refractivity contribution in [1.82, 2.24) is 9.88 Å². The van der Waals surface area contributed by atoms with Crippen LogP contribution >= 0.6 is 0 Å². The topological polar surface area (TPSA) is 19.4 Å². The molecule has 0 amide bonds. The highest BCUT2D eigenvalue weighted by atomic mass is 15.2. The second-order valence-electron chi connectivity index (χ2n) is 7.09. The van der Waals surface area contributed by atoms with E-state index >= 15 is 0 Å². The lowest BCUT2D eigenvalue weighted by molar-refractivity contribution is 0.149. The van der Waals surface area contributed by atoms with Gasteiger partial charge >= 0.3 is 0 Å². The zero-order chi connectivity index (χ0) is 16.1. The average Bonchev–Trinajstić information content (AvgIpc) is 2.48. The maximum absolute atomic E-state index is 4.79. The fourth-order valence-corrected chi connectivity index (χ4v) is 3.80. The van der Waals surface area contributed by atoms with E-state index in [1.54, 1.807) is 0 Å². The average molecular weight is 303 g/mol. The van der Waals surface area contributed by atoms with Crippen molar-refractivity contribution in [2.24, 2.45) is 0 Å². The molecular weight excluding hydrogens is 270 g/mol. The van der Waals surface area contributed by atoms with Gasteiger partial charge in [-0.2, -0.15) is 0 Å². The lowest BCUT2D eigenvalue weighted by Crippen LogP contribution is -2.37. The zero-order valence-electron chi connectivity index (χ0n) is 15.0. The Morgan fingerprint density at radius 2 is 1.91 bits per heavy atom. The van der Waals surface area contributed by atoms with Crippen LogP contribution in [0.1, 0.15) is 71.9 Å². The van der Waals surface area contributed by atoms with Crippen LogP contribution in [0.25, 0.3) is 0 Å². The number of hydrogen-bond donors (Lipinski definition) is 0. The second kappa shape index (κ2) is 7.96. The van der Waals surface area contributed by atoms with E-state index in [2.05, 4.69) is 62.7 Å². The van der Waals surface area contributed by atoms with E-state index in [-0.39, 0.29) is 0 Å². The number of hydrogen-bond acceptors (Lipinski definition) is 3. The molecule has 3 heteroatoms. The van der Waals surface area contributed by atoms with Crippen molar-refractivity contribution >= 4 is 5.82 Å². The van der Waals surface area contributed by atoms with Crippen LogP contribution in [0, 0.1) is 0 Å². The SMILES string of the molecule is CCCN1CCCC[C@@H]1c1ccc(N(C(C)C)C(C)C)nc1. The van der Waals surface area contributed by atoms with Gasteiger partial charge < -0.3 is 4.90 Å². The number of likely N-dealkylation sites (tertiary alicyclic amines) is 1. The van der Waals surface area contributed by atoms with Crippen molar-refractivity contribution in [3.8, 4) is 0 Å². The van der Waals surface area contributed by atoms with Crippen LogP contribution in [-0.2, 0) is 0 Å². The zero-order valence-corrected chi connectivity index (χ0v) is 15.0. The van der Waals surface area contributed by atoms with Gasteiger partial charge in [-0.15, -0.1) is 0 Å². The maximum Gasteiger partial charge on any atom is 0.128 e. The maximum atomic E-state index is 4.79. The highest BCUT2D eigenvalue weighted by molar-refractivity contribution is 5.41. The van der Waals surface area contributed by atoms with Gasteiger partial charge in [-0.3, -0.25) is 4.90 Å². The monoisotopic (exact) mass is 303 g/mol. The Hall–Kier alpha value is -1.09. The summed E-state index contributed by atoms with van der Waals surface area (Å²) in [4.78, 5) is 9.82. The molecule has 0 unspecified atom stereocenters. The van der Waals surface area contributed by atoms with E-state index in [0.29, 0.717) is 18.1 Å². The molecule has 3 nitrogen and oxygen atoms in total. The Labute approximate surface area is 136 Å². The Balaban J connectivity index is 2.16. The first kappa shape index (κ1) is 17.3. The van der Waals surface area contributed by atoms with Crippen LogP contribution in [0.3, 0.4) is 0 Å². The third-order valence-corrected chi connectivity index (χ3v) is 4.66. The van der Waals surface area contributed by atoms with Crippen molar-refractivity contribution in [2.75, 3.05) is 18.0 Å².